The molecule has 0 aromatic rings. The first kappa shape index (κ1) is 12.0. The van der Waals surface area contributed by atoms with Crippen LogP contribution in [0.3, 0.4) is 0 Å². The molecule has 0 amide bonds. The Morgan fingerprint density at radius 1 is 1.29 bits per heavy atom. The Hall–Kier alpha value is -0.120. The molecule has 2 N–H and O–H groups in total. The van der Waals surface area contributed by atoms with Gasteiger partial charge in [-0.1, -0.05) is 20.8 Å². The average Bonchev–Trinajstić information content (AvgIpc) is 2.15. The molecule has 0 aliphatic carbocycles. The van der Waals surface area contributed by atoms with Crippen LogP contribution in [0.2, 0.25) is 0 Å². The molecule has 0 spiro atoms. The van der Waals surface area contributed by atoms with E-state index in [1.54, 1.807) is 0 Å². The van der Waals surface area contributed by atoms with Crippen LogP contribution in [0.15, 0.2) is 0 Å². The van der Waals surface area contributed by atoms with Crippen molar-refractivity contribution < 1.29 is 14.9 Å². The fourth-order valence-corrected chi connectivity index (χ4v) is 1.81. The van der Waals surface area contributed by atoms with Gasteiger partial charge in [0.1, 0.15) is 0 Å². The van der Waals surface area contributed by atoms with Crippen molar-refractivity contribution >= 4 is 0 Å². The highest BCUT2D eigenvalue weighted by Gasteiger charge is 2.34. The molecule has 3 unspecified atom stereocenters. The second kappa shape index (κ2) is 4.60. The van der Waals surface area contributed by atoms with Crippen LogP contribution in [0.5, 0.6) is 0 Å². The van der Waals surface area contributed by atoms with E-state index in [0.29, 0.717) is 6.61 Å². The van der Waals surface area contributed by atoms with Crippen molar-refractivity contribution in [3.8, 4) is 0 Å². The van der Waals surface area contributed by atoms with Crippen LogP contribution >= 0.6 is 0 Å². The third kappa shape index (κ3) is 2.94. The molecule has 1 saturated heterocycles. The molecule has 0 saturated carbocycles. The second-order valence-electron chi connectivity index (χ2n) is 5.28. The number of aliphatic hydroxyl groups is 2. The van der Waals surface area contributed by atoms with Gasteiger partial charge >= 0.3 is 0 Å². The summed E-state index contributed by atoms with van der Waals surface area (Å²) in [5, 5.41) is 19.8. The van der Waals surface area contributed by atoms with Crippen molar-refractivity contribution in [2.24, 2.45) is 11.3 Å². The number of ether oxygens (including phenoxy) is 1. The molecule has 3 nitrogen and oxygen atoms in total. The molecule has 3 heteroatoms. The minimum atomic E-state index is -0.672. The molecule has 1 heterocycles. The maximum absolute atomic E-state index is 9.95. The van der Waals surface area contributed by atoms with Crippen LogP contribution in [0.1, 0.15) is 33.6 Å². The summed E-state index contributed by atoms with van der Waals surface area (Å²) in [6, 6.07) is 0. The fraction of sp³-hybridized carbons (Fsp3) is 1.00. The Morgan fingerprint density at radius 2 is 1.93 bits per heavy atom. The summed E-state index contributed by atoms with van der Waals surface area (Å²) in [4.78, 5) is 0. The van der Waals surface area contributed by atoms with Crippen LogP contribution in [0.25, 0.3) is 0 Å². The van der Waals surface area contributed by atoms with Gasteiger partial charge in [-0.3, -0.25) is 0 Å². The molecule has 0 aromatic carbocycles. The Kier molecular flexibility index (Phi) is 3.93. The van der Waals surface area contributed by atoms with Crippen LogP contribution in [0.4, 0.5) is 0 Å². The highest BCUT2D eigenvalue weighted by Crippen LogP contribution is 2.28. The van der Waals surface area contributed by atoms with E-state index in [2.05, 4.69) is 0 Å². The van der Waals surface area contributed by atoms with Crippen LogP contribution < -0.4 is 0 Å². The summed E-state index contributed by atoms with van der Waals surface area (Å²) in [6.07, 6.45) is 0.608. The van der Waals surface area contributed by atoms with Gasteiger partial charge in [0.05, 0.1) is 18.8 Å². The molecular formula is C11H22O3. The molecule has 1 aliphatic rings. The zero-order chi connectivity index (χ0) is 10.8. The molecule has 14 heavy (non-hydrogen) atoms. The van der Waals surface area contributed by atoms with E-state index < -0.39 is 12.2 Å². The predicted molar refractivity (Wildman–Crippen MR) is 55.0 cm³/mol. The Bertz CT molecular complexity index is 168. The van der Waals surface area contributed by atoms with E-state index in [1.807, 2.05) is 20.8 Å². The van der Waals surface area contributed by atoms with Gasteiger partial charge in [0, 0.05) is 12.5 Å². The fourth-order valence-electron chi connectivity index (χ4n) is 1.81. The number of hydrogen-bond donors (Lipinski definition) is 2. The topological polar surface area (TPSA) is 49.7 Å². The Labute approximate surface area is 86.1 Å². The summed E-state index contributed by atoms with van der Waals surface area (Å²) in [6.45, 7) is 7.17. The third-order valence-corrected chi connectivity index (χ3v) is 2.89. The summed E-state index contributed by atoms with van der Waals surface area (Å²) < 4.78 is 5.29. The van der Waals surface area contributed by atoms with E-state index in [4.69, 9.17) is 4.74 Å². The lowest BCUT2D eigenvalue weighted by Gasteiger charge is -2.35. The molecule has 1 rings (SSSR count). The predicted octanol–water partition coefficient (Wildman–Crippen LogP) is 1.18. The molecule has 0 bridgehead atoms. The lowest BCUT2D eigenvalue weighted by molar-refractivity contribution is -0.0992. The monoisotopic (exact) mass is 202 g/mol. The average molecular weight is 202 g/mol. The van der Waals surface area contributed by atoms with E-state index >= 15 is 0 Å². The maximum Gasteiger partial charge on any atom is 0.0854 e. The number of hydrogen-bond acceptors (Lipinski definition) is 3. The summed E-state index contributed by atoms with van der Waals surface area (Å²) in [7, 11) is 0. The van der Waals surface area contributed by atoms with Crippen LogP contribution in [-0.4, -0.2) is 35.6 Å². The lowest BCUT2D eigenvalue weighted by atomic mass is 9.80. The van der Waals surface area contributed by atoms with Crippen molar-refractivity contribution in [2.45, 2.75) is 45.8 Å². The van der Waals surface area contributed by atoms with E-state index in [-0.39, 0.29) is 11.3 Å². The zero-order valence-electron chi connectivity index (χ0n) is 9.36. The molecular weight excluding hydrogens is 180 g/mol. The van der Waals surface area contributed by atoms with Gasteiger partial charge in [0.25, 0.3) is 0 Å². The van der Waals surface area contributed by atoms with Gasteiger partial charge in [0.15, 0.2) is 0 Å². The lowest BCUT2D eigenvalue weighted by Crippen LogP contribution is -2.44. The van der Waals surface area contributed by atoms with Crippen molar-refractivity contribution in [2.75, 3.05) is 13.2 Å². The van der Waals surface area contributed by atoms with Gasteiger partial charge in [-0.05, 0) is 18.3 Å². The van der Waals surface area contributed by atoms with Gasteiger partial charge in [-0.25, -0.2) is 0 Å². The Morgan fingerprint density at radius 3 is 2.36 bits per heavy atom. The molecule has 1 fully saturated rings. The summed E-state index contributed by atoms with van der Waals surface area (Å²) >= 11 is 0. The van der Waals surface area contributed by atoms with E-state index in [1.165, 1.54) is 0 Å². The largest absolute Gasteiger partial charge is 0.390 e. The van der Waals surface area contributed by atoms with Gasteiger partial charge < -0.3 is 14.9 Å². The molecule has 3 atom stereocenters. The van der Waals surface area contributed by atoms with Gasteiger partial charge in [-0.2, -0.15) is 0 Å². The van der Waals surface area contributed by atoms with Crippen LogP contribution in [0, 0.1) is 11.3 Å². The minimum absolute atomic E-state index is 0.0953. The van der Waals surface area contributed by atoms with Crippen molar-refractivity contribution in [1.29, 1.82) is 0 Å². The van der Waals surface area contributed by atoms with Crippen molar-refractivity contribution in [3.63, 3.8) is 0 Å². The van der Waals surface area contributed by atoms with Crippen molar-refractivity contribution in [3.05, 3.63) is 0 Å². The summed E-state index contributed by atoms with van der Waals surface area (Å²) in [5.74, 6) is 0.0953. The third-order valence-electron chi connectivity index (χ3n) is 2.89. The zero-order valence-corrected chi connectivity index (χ0v) is 9.36. The molecule has 0 radical (unpaired) electrons. The Balaban J connectivity index is 2.50. The molecule has 0 aromatic heterocycles. The standard InChI is InChI=1S/C11H22O3/c1-11(2,3)10(13)9(12)8-5-4-6-14-7-8/h8-10,12-13H,4-7H2,1-3H3. The van der Waals surface area contributed by atoms with Gasteiger partial charge in [-0.15, -0.1) is 0 Å². The second-order valence-corrected chi connectivity index (χ2v) is 5.28. The molecule has 84 valence electrons. The maximum atomic E-state index is 9.95. The summed E-state index contributed by atoms with van der Waals surface area (Å²) in [5.41, 5.74) is -0.267. The first-order valence-electron chi connectivity index (χ1n) is 5.37. The van der Waals surface area contributed by atoms with Crippen molar-refractivity contribution in [1.82, 2.24) is 0 Å². The quantitative estimate of drug-likeness (QED) is 0.707. The SMILES string of the molecule is CC(C)(C)C(O)C(O)C1CCCOC1. The first-order valence-corrected chi connectivity index (χ1v) is 5.37. The van der Waals surface area contributed by atoms with E-state index in [9.17, 15) is 10.2 Å². The minimum Gasteiger partial charge on any atom is -0.390 e. The first-order chi connectivity index (χ1) is 6.43. The normalized spacial score (nSPS) is 28.5. The number of rotatable bonds is 2. The van der Waals surface area contributed by atoms with E-state index in [0.717, 1.165) is 19.4 Å². The molecule has 1 aliphatic heterocycles. The van der Waals surface area contributed by atoms with Crippen LogP contribution in [-0.2, 0) is 4.74 Å². The van der Waals surface area contributed by atoms with Gasteiger partial charge in [0.2, 0.25) is 0 Å². The highest BCUT2D eigenvalue weighted by atomic mass is 16.5. The smallest absolute Gasteiger partial charge is 0.0854 e. The number of aliphatic hydroxyl groups excluding tert-OH is 2. The highest BCUT2D eigenvalue weighted by molar-refractivity contribution is 4.84.